The minimum atomic E-state index is -0.718. The summed E-state index contributed by atoms with van der Waals surface area (Å²) in [5.41, 5.74) is -0.487. The summed E-state index contributed by atoms with van der Waals surface area (Å²) in [5, 5.41) is 18.5. The van der Waals surface area contributed by atoms with E-state index in [2.05, 4.69) is 11.0 Å². The average molecular weight is 266 g/mol. The molecule has 4 nitrogen and oxygen atoms in total. The molecule has 4 heteroatoms. The SMILES string of the molecule is CC(C)(C#N)CCCN1CCCC(C)(C)C1C(=O)O. The minimum absolute atomic E-state index is 0.172. The average Bonchev–Trinajstić information content (AvgIpc) is 2.27. The van der Waals surface area contributed by atoms with Crippen molar-refractivity contribution < 1.29 is 9.90 Å². The molecule has 1 N–H and O–H groups in total. The molecule has 1 rings (SSSR count). The molecule has 0 saturated carbocycles. The molecule has 108 valence electrons. The van der Waals surface area contributed by atoms with Gasteiger partial charge >= 0.3 is 5.97 Å². The van der Waals surface area contributed by atoms with Crippen molar-refractivity contribution in [1.29, 1.82) is 5.26 Å². The maximum absolute atomic E-state index is 11.5. The first-order valence-electron chi connectivity index (χ1n) is 7.08. The zero-order chi connectivity index (χ0) is 14.7. The Labute approximate surface area is 116 Å². The van der Waals surface area contributed by atoms with Gasteiger partial charge in [-0.2, -0.15) is 5.26 Å². The molecule has 1 atom stereocenters. The third-order valence-electron chi connectivity index (χ3n) is 4.16. The minimum Gasteiger partial charge on any atom is -0.480 e. The van der Waals surface area contributed by atoms with Crippen LogP contribution in [-0.4, -0.2) is 35.1 Å². The second kappa shape index (κ2) is 5.92. The van der Waals surface area contributed by atoms with Gasteiger partial charge in [-0.25, -0.2) is 0 Å². The molecule has 1 fully saturated rings. The fraction of sp³-hybridized carbons (Fsp3) is 0.867. The van der Waals surface area contributed by atoms with Crippen molar-refractivity contribution >= 4 is 5.97 Å². The van der Waals surface area contributed by atoms with Crippen LogP contribution in [0.3, 0.4) is 0 Å². The van der Waals surface area contributed by atoms with Gasteiger partial charge in [0.1, 0.15) is 6.04 Å². The van der Waals surface area contributed by atoms with Crippen molar-refractivity contribution in [3.8, 4) is 6.07 Å². The molecule has 0 bridgehead atoms. The molecule has 19 heavy (non-hydrogen) atoms. The van der Waals surface area contributed by atoms with Gasteiger partial charge in [-0.1, -0.05) is 13.8 Å². The Hall–Kier alpha value is -1.08. The van der Waals surface area contributed by atoms with E-state index in [0.717, 1.165) is 38.8 Å². The van der Waals surface area contributed by atoms with Crippen molar-refractivity contribution in [2.24, 2.45) is 10.8 Å². The largest absolute Gasteiger partial charge is 0.480 e. The Bertz CT molecular complexity index is 369. The highest BCUT2D eigenvalue weighted by molar-refractivity contribution is 5.74. The summed E-state index contributed by atoms with van der Waals surface area (Å²) < 4.78 is 0. The summed E-state index contributed by atoms with van der Waals surface area (Å²) in [5.74, 6) is -0.718. The summed E-state index contributed by atoms with van der Waals surface area (Å²) in [6.45, 7) is 9.57. The van der Waals surface area contributed by atoms with Crippen LogP contribution in [0.15, 0.2) is 0 Å². The number of aliphatic carboxylic acids is 1. The zero-order valence-corrected chi connectivity index (χ0v) is 12.6. The van der Waals surface area contributed by atoms with Crippen LogP contribution >= 0.6 is 0 Å². The molecule has 1 aliphatic rings. The maximum atomic E-state index is 11.5. The van der Waals surface area contributed by atoms with Gasteiger partial charge in [0.25, 0.3) is 0 Å². The van der Waals surface area contributed by atoms with Gasteiger partial charge in [0.15, 0.2) is 0 Å². The van der Waals surface area contributed by atoms with Crippen molar-refractivity contribution in [3.63, 3.8) is 0 Å². The number of carbonyl (C=O) groups is 1. The van der Waals surface area contributed by atoms with Crippen LogP contribution in [0, 0.1) is 22.2 Å². The van der Waals surface area contributed by atoms with E-state index in [-0.39, 0.29) is 10.8 Å². The predicted molar refractivity (Wildman–Crippen MR) is 74.6 cm³/mol. The zero-order valence-electron chi connectivity index (χ0n) is 12.6. The Morgan fingerprint density at radius 1 is 1.53 bits per heavy atom. The smallest absolute Gasteiger partial charge is 0.321 e. The van der Waals surface area contributed by atoms with Crippen LogP contribution in [0.4, 0.5) is 0 Å². The number of carboxylic acids is 1. The maximum Gasteiger partial charge on any atom is 0.321 e. The topological polar surface area (TPSA) is 64.3 Å². The molecule has 1 unspecified atom stereocenters. The molecule has 0 spiro atoms. The van der Waals surface area contributed by atoms with Crippen LogP contribution in [0.5, 0.6) is 0 Å². The van der Waals surface area contributed by atoms with Crippen LogP contribution in [-0.2, 0) is 4.79 Å². The molecule has 1 heterocycles. The quantitative estimate of drug-likeness (QED) is 0.831. The van der Waals surface area contributed by atoms with Gasteiger partial charge in [0.05, 0.1) is 11.5 Å². The Morgan fingerprint density at radius 2 is 2.16 bits per heavy atom. The Morgan fingerprint density at radius 3 is 2.68 bits per heavy atom. The van der Waals surface area contributed by atoms with E-state index in [9.17, 15) is 9.90 Å². The molecule has 0 aliphatic carbocycles. The number of piperidine rings is 1. The summed E-state index contributed by atoms with van der Waals surface area (Å²) in [6, 6.07) is 1.90. The normalized spacial score (nSPS) is 23.8. The molecular formula is C15H26N2O2. The lowest BCUT2D eigenvalue weighted by molar-refractivity contribution is -0.150. The highest BCUT2D eigenvalue weighted by Crippen LogP contribution is 2.35. The van der Waals surface area contributed by atoms with E-state index in [1.165, 1.54) is 0 Å². The van der Waals surface area contributed by atoms with Crippen molar-refractivity contribution in [2.45, 2.75) is 59.4 Å². The number of rotatable bonds is 5. The number of likely N-dealkylation sites (tertiary alicyclic amines) is 1. The molecule has 0 aromatic heterocycles. The number of hydrogen-bond donors (Lipinski definition) is 1. The molecule has 1 aliphatic heterocycles. The first kappa shape index (κ1) is 16.0. The molecule has 0 aromatic rings. The molecule has 0 radical (unpaired) electrons. The van der Waals surface area contributed by atoms with Crippen molar-refractivity contribution in [2.75, 3.05) is 13.1 Å². The number of nitrogens with zero attached hydrogens (tertiary/aromatic N) is 2. The van der Waals surface area contributed by atoms with Crippen LogP contribution < -0.4 is 0 Å². The summed E-state index contributed by atoms with van der Waals surface area (Å²) in [4.78, 5) is 13.6. The predicted octanol–water partition coefficient (Wildman–Crippen LogP) is 2.89. The molecular weight excluding hydrogens is 240 g/mol. The first-order valence-corrected chi connectivity index (χ1v) is 7.08. The highest BCUT2D eigenvalue weighted by Gasteiger charge is 2.42. The van der Waals surface area contributed by atoms with Gasteiger partial charge < -0.3 is 5.11 Å². The number of carboxylic acid groups (broad SMARTS) is 1. The highest BCUT2D eigenvalue weighted by atomic mass is 16.4. The Balaban J connectivity index is 2.61. The van der Waals surface area contributed by atoms with Gasteiger partial charge in [0, 0.05) is 0 Å². The van der Waals surface area contributed by atoms with Crippen LogP contribution in [0.2, 0.25) is 0 Å². The van der Waals surface area contributed by atoms with Crippen LogP contribution in [0.25, 0.3) is 0 Å². The summed E-state index contributed by atoms with van der Waals surface area (Å²) >= 11 is 0. The third kappa shape index (κ3) is 4.21. The second-order valence-corrected chi connectivity index (χ2v) is 6.97. The summed E-state index contributed by atoms with van der Waals surface area (Å²) in [6.07, 6.45) is 3.70. The lowest BCUT2D eigenvalue weighted by atomic mass is 9.76. The van der Waals surface area contributed by atoms with Crippen molar-refractivity contribution in [1.82, 2.24) is 4.90 Å². The fourth-order valence-corrected chi connectivity index (χ4v) is 3.01. The van der Waals surface area contributed by atoms with E-state index in [0.29, 0.717) is 0 Å². The van der Waals surface area contributed by atoms with E-state index >= 15 is 0 Å². The fourth-order valence-electron chi connectivity index (χ4n) is 3.01. The van der Waals surface area contributed by atoms with E-state index < -0.39 is 12.0 Å². The summed E-state index contributed by atoms with van der Waals surface area (Å²) in [7, 11) is 0. The standard InChI is InChI=1S/C15H26N2O2/c1-14(2,11-16)7-5-9-17-10-6-8-15(3,4)12(17)13(18)19/h12H,5-10H2,1-4H3,(H,18,19). The van der Waals surface area contributed by atoms with E-state index in [1.807, 2.05) is 27.7 Å². The van der Waals surface area contributed by atoms with Crippen molar-refractivity contribution in [3.05, 3.63) is 0 Å². The number of hydrogen-bond acceptors (Lipinski definition) is 3. The van der Waals surface area contributed by atoms with Gasteiger partial charge in [-0.05, 0) is 58.0 Å². The molecule has 0 aromatic carbocycles. The van der Waals surface area contributed by atoms with E-state index in [1.54, 1.807) is 0 Å². The van der Waals surface area contributed by atoms with Gasteiger partial charge in [-0.3, -0.25) is 9.69 Å². The first-order chi connectivity index (χ1) is 8.69. The lowest BCUT2D eigenvalue weighted by Gasteiger charge is -2.44. The molecule has 0 amide bonds. The van der Waals surface area contributed by atoms with Gasteiger partial charge in [-0.15, -0.1) is 0 Å². The lowest BCUT2D eigenvalue weighted by Crippen LogP contribution is -2.54. The third-order valence-corrected chi connectivity index (χ3v) is 4.16. The van der Waals surface area contributed by atoms with Crippen LogP contribution in [0.1, 0.15) is 53.4 Å². The van der Waals surface area contributed by atoms with E-state index in [4.69, 9.17) is 5.26 Å². The molecule has 1 saturated heterocycles. The van der Waals surface area contributed by atoms with Gasteiger partial charge in [0.2, 0.25) is 0 Å². The second-order valence-electron chi connectivity index (χ2n) is 6.97. The monoisotopic (exact) mass is 266 g/mol. The Kier molecular flexibility index (Phi) is 4.98. The number of nitriles is 1.